The minimum Gasteiger partial charge on any atom is -0.338 e. The zero-order valence-corrected chi connectivity index (χ0v) is 11.5. The standard InChI is InChI=1S/C17H20N2/c1-12-11-14-7-3-5-9-16(14)19(12)17-10-6-4-8-15(17)13(2)18/h3-10,12-13H,11,18H2,1-2H3/t12?,13-/m0/s1. The zero-order valence-electron chi connectivity index (χ0n) is 11.5. The van der Waals surface area contributed by atoms with Crippen LogP contribution in [0.1, 0.15) is 31.0 Å². The fourth-order valence-corrected chi connectivity index (χ4v) is 3.02. The predicted molar refractivity (Wildman–Crippen MR) is 80.8 cm³/mol. The van der Waals surface area contributed by atoms with Crippen molar-refractivity contribution in [1.29, 1.82) is 0 Å². The number of benzene rings is 2. The van der Waals surface area contributed by atoms with E-state index in [4.69, 9.17) is 5.73 Å². The first-order chi connectivity index (χ1) is 9.18. The van der Waals surface area contributed by atoms with Crippen molar-refractivity contribution in [2.75, 3.05) is 4.90 Å². The van der Waals surface area contributed by atoms with Crippen molar-refractivity contribution < 1.29 is 0 Å². The topological polar surface area (TPSA) is 29.3 Å². The SMILES string of the molecule is CC1Cc2ccccc2N1c1ccccc1[C@H](C)N. The van der Waals surface area contributed by atoms with Crippen LogP contribution in [0, 0.1) is 0 Å². The highest BCUT2D eigenvalue weighted by Gasteiger charge is 2.28. The smallest absolute Gasteiger partial charge is 0.0461 e. The van der Waals surface area contributed by atoms with Gasteiger partial charge in [-0.05, 0) is 43.5 Å². The summed E-state index contributed by atoms with van der Waals surface area (Å²) >= 11 is 0. The summed E-state index contributed by atoms with van der Waals surface area (Å²) in [6.07, 6.45) is 1.10. The third kappa shape index (κ3) is 2.02. The number of nitrogens with zero attached hydrogens (tertiary/aromatic N) is 1. The van der Waals surface area contributed by atoms with Gasteiger partial charge in [0, 0.05) is 23.5 Å². The Kier molecular flexibility index (Phi) is 3.03. The lowest BCUT2D eigenvalue weighted by Gasteiger charge is -2.28. The Morgan fingerprint density at radius 1 is 1.05 bits per heavy atom. The summed E-state index contributed by atoms with van der Waals surface area (Å²) in [4.78, 5) is 2.42. The van der Waals surface area contributed by atoms with Crippen LogP contribution in [0.2, 0.25) is 0 Å². The highest BCUT2D eigenvalue weighted by Crippen LogP contribution is 2.40. The third-order valence-corrected chi connectivity index (χ3v) is 3.89. The van der Waals surface area contributed by atoms with Crippen LogP contribution >= 0.6 is 0 Å². The Balaban J connectivity index is 2.13. The highest BCUT2D eigenvalue weighted by atomic mass is 15.2. The summed E-state index contributed by atoms with van der Waals surface area (Å²) < 4.78 is 0. The molecule has 0 saturated heterocycles. The van der Waals surface area contributed by atoms with Gasteiger partial charge in [-0.25, -0.2) is 0 Å². The molecule has 98 valence electrons. The predicted octanol–water partition coefficient (Wildman–Crippen LogP) is 3.79. The molecule has 2 nitrogen and oxygen atoms in total. The van der Waals surface area contributed by atoms with E-state index in [0.717, 1.165) is 6.42 Å². The second-order valence-electron chi connectivity index (χ2n) is 5.40. The van der Waals surface area contributed by atoms with Crippen LogP contribution in [0.3, 0.4) is 0 Å². The monoisotopic (exact) mass is 252 g/mol. The quantitative estimate of drug-likeness (QED) is 0.881. The molecule has 2 N–H and O–H groups in total. The van der Waals surface area contributed by atoms with Crippen LogP contribution in [0.25, 0.3) is 0 Å². The molecule has 0 fully saturated rings. The van der Waals surface area contributed by atoms with Gasteiger partial charge in [0.2, 0.25) is 0 Å². The molecule has 1 aliphatic rings. The Hall–Kier alpha value is -1.80. The van der Waals surface area contributed by atoms with E-state index in [9.17, 15) is 0 Å². The van der Waals surface area contributed by atoms with Crippen LogP contribution < -0.4 is 10.6 Å². The van der Waals surface area contributed by atoms with Gasteiger partial charge in [0.05, 0.1) is 0 Å². The van der Waals surface area contributed by atoms with Gasteiger partial charge in [-0.1, -0.05) is 36.4 Å². The number of anilines is 2. The summed E-state index contributed by atoms with van der Waals surface area (Å²) in [7, 11) is 0. The summed E-state index contributed by atoms with van der Waals surface area (Å²) in [5.41, 5.74) is 11.3. The first-order valence-corrected chi connectivity index (χ1v) is 6.90. The molecule has 0 aromatic heterocycles. The van der Waals surface area contributed by atoms with Crippen LogP contribution in [-0.2, 0) is 6.42 Å². The van der Waals surface area contributed by atoms with Crippen molar-refractivity contribution in [3.63, 3.8) is 0 Å². The fourth-order valence-electron chi connectivity index (χ4n) is 3.02. The van der Waals surface area contributed by atoms with Crippen molar-refractivity contribution in [3.05, 3.63) is 59.7 Å². The van der Waals surface area contributed by atoms with Crippen molar-refractivity contribution in [2.24, 2.45) is 5.73 Å². The van der Waals surface area contributed by atoms with E-state index in [2.05, 4.69) is 60.4 Å². The average Bonchev–Trinajstić information content (AvgIpc) is 2.74. The Labute approximate surface area is 114 Å². The molecule has 0 radical (unpaired) electrons. The second kappa shape index (κ2) is 4.71. The maximum atomic E-state index is 6.12. The van der Waals surface area contributed by atoms with Crippen LogP contribution in [0.5, 0.6) is 0 Å². The number of rotatable bonds is 2. The lowest BCUT2D eigenvalue weighted by Crippen LogP contribution is -2.26. The van der Waals surface area contributed by atoms with Crippen LogP contribution in [0.4, 0.5) is 11.4 Å². The van der Waals surface area contributed by atoms with Gasteiger partial charge in [-0.2, -0.15) is 0 Å². The number of fused-ring (bicyclic) bond motifs is 1. The number of para-hydroxylation sites is 2. The van der Waals surface area contributed by atoms with E-state index in [1.807, 2.05) is 6.92 Å². The molecule has 1 heterocycles. The molecule has 3 rings (SSSR count). The lowest BCUT2D eigenvalue weighted by molar-refractivity contribution is 0.743. The third-order valence-electron chi connectivity index (χ3n) is 3.89. The molecule has 0 amide bonds. The van der Waals surface area contributed by atoms with Crippen LogP contribution in [-0.4, -0.2) is 6.04 Å². The summed E-state index contributed by atoms with van der Waals surface area (Å²) in [5.74, 6) is 0. The number of hydrogen-bond acceptors (Lipinski definition) is 2. The molecule has 0 aliphatic carbocycles. The minimum atomic E-state index is 0.0520. The zero-order chi connectivity index (χ0) is 13.4. The number of nitrogens with two attached hydrogens (primary N) is 1. The van der Waals surface area contributed by atoms with Gasteiger partial charge in [-0.3, -0.25) is 0 Å². The number of hydrogen-bond donors (Lipinski definition) is 1. The van der Waals surface area contributed by atoms with E-state index in [1.165, 1.54) is 22.5 Å². The van der Waals surface area contributed by atoms with E-state index < -0.39 is 0 Å². The molecule has 0 bridgehead atoms. The van der Waals surface area contributed by atoms with Gasteiger partial charge in [0.15, 0.2) is 0 Å². The Morgan fingerprint density at radius 2 is 1.68 bits per heavy atom. The molecular weight excluding hydrogens is 232 g/mol. The molecule has 1 aliphatic heterocycles. The maximum Gasteiger partial charge on any atom is 0.0461 e. The van der Waals surface area contributed by atoms with E-state index in [0.29, 0.717) is 6.04 Å². The van der Waals surface area contributed by atoms with Crippen molar-refractivity contribution in [1.82, 2.24) is 0 Å². The normalized spacial score (nSPS) is 19.3. The van der Waals surface area contributed by atoms with Crippen molar-refractivity contribution in [2.45, 2.75) is 32.4 Å². The van der Waals surface area contributed by atoms with Crippen LogP contribution in [0.15, 0.2) is 48.5 Å². The lowest BCUT2D eigenvalue weighted by atomic mass is 10.1. The molecule has 0 saturated carbocycles. The molecule has 19 heavy (non-hydrogen) atoms. The molecule has 1 unspecified atom stereocenters. The Morgan fingerprint density at radius 3 is 2.42 bits per heavy atom. The first-order valence-electron chi connectivity index (χ1n) is 6.90. The molecule has 2 heteroatoms. The maximum absolute atomic E-state index is 6.12. The summed E-state index contributed by atoms with van der Waals surface area (Å²) in [6.45, 7) is 4.32. The van der Waals surface area contributed by atoms with Gasteiger partial charge in [-0.15, -0.1) is 0 Å². The molecular formula is C17H20N2. The minimum absolute atomic E-state index is 0.0520. The molecule has 2 aromatic carbocycles. The van der Waals surface area contributed by atoms with Gasteiger partial charge in [0.1, 0.15) is 0 Å². The molecule has 2 aromatic rings. The summed E-state index contributed by atoms with van der Waals surface area (Å²) in [6, 6.07) is 17.7. The fraction of sp³-hybridized carbons (Fsp3) is 0.294. The first kappa shape index (κ1) is 12.2. The van der Waals surface area contributed by atoms with Crippen molar-refractivity contribution >= 4 is 11.4 Å². The Bertz CT molecular complexity index is 589. The highest BCUT2D eigenvalue weighted by molar-refractivity contribution is 5.73. The second-order valence-corrected chi connectivity index (χ2v) is 5.40. The van der Waals surface area contributed by atoms with Gasteiger partial charge < -0.3 is 10.6 Å². The van der Waals surface area contributed by atoms with Gasteiger partial charge in [0.25, 0.3) is 0 Å². The summed E-state index contributed by atoms with van der Waals surface area (Å²) in [5, 5.41) is 0. The molecule has 0 spiro atoms. The van der Waals surface area contributed by atoms with E-state index >= 15 is 0 Å². The molecule has 2 atom stereocenters. The van der Waals surface area contributed by atoms with Gasteiger partial charge >= 0.3 is 0 Å². The largest absolute Gasteiger partial charge is 0.338 e. The van der Waals surface area contributed by atoms with Crippen molar-refractivity contribution in [3.8, 4) is 0 Å². The van der Waals surface area contributed by atoms with E-state index in [1.54, 1.807) is 0 Å². The average molecular weight is 252 g/mol. The van der Waals surface area contributed by atoms with E-state index in [-0.39, 0.29) is 6.04 Å².